The Labute approximate surface area is 121 Å². The molecule has 0 unspecified atom stereocenters. The van der Waals surface area contributed by atoms with Gasteiger partial charge in [0.1, 0.15) is 11.4 Å². The van der Waals surface area contributed by atoms with Crippen molar-refractivity contribution in [2.45, 2.75) is 25.8 Å². The van der Waals surface area contributed by atoms with Crippen LogP contribution in [0.5, 0.6) is 0 Å². The van der Waals surface area contributed by atoms with E-state index >= 15 is 0 Å². The fraction of sp³-hybridized carbons (Fsp3) is 0.250. The van der Waals surface area contributed by atoms with Crippen LogP contribution in [0.4, 0.5) is 4.39 Å². The van der Waals surface area contributed by atoms with E-state index in [2.05, 4.69) is 10.3 Å². The molecule has 0 saturated carbocycles. The summed E-state index contributed by atoms with van der Waals surface area (Å²) in [4.78, 5) is 26.8. The molecule has 1 amide bonds. The van der Waals surface area contributed by atoms with E-state index < -0.39 is 5.91 Å². The van der Waals surface area contributed by atoms with Gasteiger partial charge in [-0.15, -0.1) is 0 Å². The number of fused-ring (bicyclic) bond motifs is 1. The van der Waals surface area contributed by atoms with Crippen molar-refractivity contribution in [2.75, 3.05) is 0 Å². The van der Waals surface area contributed by atoms with Crippen LogP contribution >= 0.6 is 0 Å². The SMILES string of the molecule is O=C(NCc1ccccc1F)c1cc2c([nH]c1=O)CCC2. The minimum Gasteiger partial charge on any atom is -0.348 e. The summed E-state index contributed by atoms with van der Waals surface area (Å²) >= 11 is 0. The Morgan fingerprint density at radius 2 is 2.10 bits per heavy atom. The molecule has 108 valence electrons. The van der Waals surface area contributed by atoms with Crippen LogP contribution in [0.2, 0.25) is 0 Å². The van der Waals surface area contributed by atoms with Crippen molar-refractivity contribution in [3.63, 3.8) is 0 Å². The average molecular weight is 286 g/mol. The predicted molar refractivity (Wildman–Crippen MR) is 76.7 cm³/mol. The van der Waals surface area contributed by atoms with Crippen molar-refractivity contribution in [3.05, 3.63) is 68.9 Å². The number of hydrogen-bond donors (Lipinski definition) is 2. The molecule has 1 aromatic heterocycles. The van der Waals surface area contributed by atoms with Gasteiger partial charge in [0.2, 0.25) is 0 Å². The Balaban J connectivity index is 1.77. The van der Waals surface area contributed by atoms with Crippen molar-refractivity contribution >= 4 is 5.91 Å². The number of nitrogens with one attached hydrogen (secondary N) is 2. The summed E-state index contributed by atoms with van der Waals surface area (Å²) in [6.45, 7) is 0.0576. The molecule has 0 atom stereocenters. The molecule has 1 aromatic carbocycles. The summed E-state index contributed by atoms with van der Waals surface area (Å²) in [5.74, 6) is -0.852. The zero-order valence-electron chi connectivity index (χ0n) is 11.4. The lowest BCUT2D eigenvalue weighted by molar-refractivity contribution is 0.0949. The molecule has 3 rings (SSSR count). The van der Waals surface area contributed by atoms with Gasteiger partial charge in [-0.3, -0.25) is 9.59 Å². The molecule has 0 radical (unpaired) electrons. The number of carbonyl (C=O) groups excluding carboxylic acids is 1. The molecule has 1 heterocycles. The number of hydrogen-bond acceptors (Lipinski definition) is 2. The summed E-state index contributed by atoms with van der Waals surface area (Å²) in [5.41, 5.74) is 2.04. The summed E-state index contributed by atoms with van der Waals surface area (Å²) in [7, 11) is 0. The number of carbonyl (C=O) groups is 1. The summed E-state index contributed by atoms with van der Waals surface area (Å²) in [5, 5.41) is 2.59. The van der Waals surface area contributed by atoms with Crippen LogP contribution in [0.3, 0.4) is 0 Å². The maximum absolute atomic E-state index is 13.5. The Morgan fingerprint density at radius 3 is 2.90 bits per heavy atom. The monoisotopic (exact) mass is 286 g/mol. The first kappa shape index (κ1) is 13.5. The first-order chi connectivity index (χ1) is 10.1. The van der Waals surface area contributed by atoms with Gasteiger partial charge in [0.05, 0.1) is 0 Å². The first-order valence-electron chi connectivity index (χ1n) is 6.92. The predicted octanol–water partition coefficient (Wildman–Crippen LogP) is 1.93. The van der Waals surface area contributed by atoms with Gasteiger partial charge < -0.3 is 10.3 Å². The summed E-state index contributed by atoms with van der Waals surface area (Å²) in [6, 6.07) is 7.88. The topological polar surface area (TPSA) is 62.0 Å². The number of pyridine rings is 1. The number of aromatic nitrogens is 1. The number of halogens is 1. The molecule has 2 aromatic rings. The van der Waals surface area contributed by atoms with E-state index in [-0.39, 0.29) is 23.5 Å². The lowest BCUT2D eigenvalue weighted by atomic mass is 10.1. The second-order valence-corrected chi connectivity index (χ2v) is 5.14. The fourth-order valence-electron chi connectivity index (χ4n) is 2.59. The highest BCUT2D eigenvalue weighted by Crippen LogP contribution is 2.18. The van der Waals surface area contributed by atoms with Gasteiger partial charge >= 0.3 is 0 Å². The largest absolute Gasteiger partial charge is 0.348 e. The summed E-state index contributed by atoms with van der Waals surface area (Å²) in [6.07, 6.45) is 2.72. The van der Waals surface area contributed by atoms with Crippen LogP contribution in [0, 0.1) is 5.82 Å². The van der Waals surface area contributed by atoms with Crippen LogP contribution < -0.4 is 10.9 Å². The zero-order chi connectivity index (χ0) is 14.8. The van der Waals surface area contributed by atoms with Gasteiger partial charge in [-0.1, -0.05) is 18.2 Å². The Hall–Kier alpha value is -2.43. The van der Waals surface area contributed by atoms with Gasteiger partial charge in [-0.2, -0.15) is 0 Å². The van der Waals surface area contributed by atoms with Crippen LogP contribution in [0.1, 0.15) is 33.6 Å². The smallest absolute Gasteiger partial charge is 0.261 e. The molecule has 1 aliphatic rings. The minimum atomic E-state index is -0.478. The molecule has 2 N–H and O–H groups in total. The molecule has 0 spiro atoms. The summed E-state index contributed by atoms with van der Waals surface area (Å²) < 4.78 is 13.5. The number of aryl methyl sites for hydroxylation is 2. The van der Waals surface area contributed by atoms with Crippen molar-refractivity contribution in [1.82, 2.24) is 10.3 Å². The standard InChI is InChI=1S/C16H15FN2O2/c17-13-6-2-1-4-11(13)9-18-15(20)12-8-10-5-3-7-14(10)19-16(12)21/h1-2,4,6,8H,3,5,7,9H2,(H,18,20)(H,19,21). The van der Waals surface area contributed by atoms with E-state index in [1.807, 2.05) is 0 Å². The number of aromatic amines is 1. The Morgan fingerprint density at radius 1 is 1.29 bits per heavy atom. The lowest BCUT2D eigenvalue weighted by Crippen LogP contribution is -2.30. The molecule has 0 bridgehead atoms. The molecule has 21 heavy (non-hydrogen) atoms. The Kier molecular flexibility index (Phi) is 3.56. The van der Waals surface area contributed by atoms with E-state index in [9.17, 15) is 14.0 Å². The third-order valence-electron chi connectivity index (χ3n) is 3.73. The highest BCUT2D eigenvalue weighted by Gasteiger charge is 2.18. The highest BCUT2D eigenvalue weighted by molar-refractivity contribution is 5.94. The average Bonchev–Trinajstić information content (AvgIpc) is 2.92. The number of amides is 1. The number of H-pyrrole nitrogens is 1. The normalized spacial score (nSPS) is 13.0. The molecule has 0 fully saturated rings. The van der Waals surface area contributed by atoms with E-state index in [0.29, 0.717) is 5.56 Å². The van der Waals surface area contributed by atoms with Crippen LogP contribution in [0.25, 0.3) is 0 Å². The molecule has 5 heteroatoms. The fourth-order valence-corrected chi connectivity index (χ4v) is 2.59. The van der Waals surface area contributed by atoms with E-state index in [1.165, 1.54) is 6.07 Å². The number of benzene rings is 1. The van der Waals surface area contributed by atoms with Gasteiger partial charge in [0.25, 0.3) is 11.5 Å². The van der Waals surface area contributed by atoms with Crippen LogP contribution in [-0.2, 0) is 19.4 Å². The van der Waals surface area contributed by atoms with E-state index in [1.54, 1.807) is 24.3 Å². The van der Waals surface area contributed by atoms with E-state index in [4.69, 9.17) is 0 Å². The molecular formula is C16H15FN2O2. The van der Waals surface area contributed by atoms with Crippen molar-refractivity contribution < 1.29 is 9.18 Å². The van der Waals surface area contributed by atoms with Crippen molar-refractivity contribution in [3.8, 4) is 0 Å². The minimum absolute atomic E-state index is 0.0576. The van der Waals surface area contributed by atoms with Gasteiger partial charge in [-0.05, 0) is 37.0 Å². The quantitative estimate of drug-likeness (QED) is 0.905. The molecule has 0 saturated heterocycles. The van der Waals surface area contributed by atoms with Gasteiger partial charge in [0, 0.05) is 17.8 Å². The van der Waals surface area contributed by atoms with Gasteiger partial charge in [0.15, 0.2) is 0 Å². The first-order valence-corrected chi connectivity index (χ1v) is 6.92. The maximum atomic E-state index is 13.5. The second-order valence-electron chi connectivity index (χ2n) is 5.14. The van der Waals surface area contributed by atoms with Gasteiger partial charge in [-0.25, -0.2) is 4.39 Å². The maximum Gasteiger partial charge on any atom is 0.261 e. The Bertz CT molecular complexity index is 752. The molecular weight excluding hydrogens is 271 g/mol. The third-order valence-corrected chi connectivity index (χ3v) is 3.73. The third kappa shape index (κ3) is 2.72. The second kappa shape index (κ2) is 5.52. The molecule has 4 nitrogen and oxygen atoms in total. The van der Waals surface area contributed by atoms with Crippen molar-refractivity contribution in [2.24, 2.45) is 0 Å². The van der Waals surface area contributed by atoms with Crippen LogP contribution in [-0.4, -0.2) is 10.9 Å². The molecule has 1 aliphatic carbocycles. The molecule has 0 aliphatic heterocycles. The zero-order valence-corrected chi connectivity index (χ0v) is 11.4. The number of rotatable bonds is 3. The lowest BCUT2D eigenvalue weighted by Gasteiger charge is -2.07. The van der Waals surface area contributed by atoms with Crippen molar-refractivity contribution in [1.29, 1.82) is 0 Å². The van der Waals surface area contributed by atoms with Crippen LogP contribution in [0.15, 0.2) is 35.1 Å². The highest BCUT2D eigenvalue weighted by atomic mass is 19.1. The van der Waals surface area contributed by atoms with E-state index in [0.717, 1.165) is 30.5 Å².